The standard InChI is InChI=1S/C17H29N3O/c1-4-9-15(2)19-17(21)14-18-12-8-13-20(3)16-10-6-5-7-11-16/h5-7,10-11,15,18H,4,8-9,12-14H2,1-3H3,(H,19,21). The minimum Gasteiger partial charge on any atom is -0.375 e. The summed E-state index contributed by atoms with van der Waals surface area (Å²) in [5, 5.41) is 6.20. The van der Waals surface area contributed by atoms with Crippen molar-refractivity contribution < 1.29 is 4.79 Å². The van der Waals surface area contributed by atoms with Crippen LogP contribution in [0.2, 0.25) is 0 Å². The number of amides is 1. The van der Waals surface area contributed by atoms with Crippen molar-refractivity contribution in [3.8, 4) is 0 Å². The Bertz CT molecular complexity index is 394. The summed E-state index contributed by atoms with van der Waals surface area (Å²) < 4.78 is 0. The lowest BCUT2D eigenvalue weighted by Gasteiger charge is -2.19. The lowest BCUT2D eigenvalue weighted by Crippen LogP contribution is -2.39. The molecule has 1 rings (SSSR count). The summed E-state index contributed by atoms with van der Waals surface area (Å²) in [5.74, 6) is 0.0902. The first kappa shape index (κ1) is 17.5. The fraction of sp³-hybridized carbons (Fsp3) is 0.588. The number of carbonyl (C=O) groups excluding carboxylic acids is 1. The molecule has 0 aromatic heterocycles. The molecule has 0 radical (unpaired) electrons. The second kappa shape index (κ2) is 10.2. The molecule has 1 unspecified atom stereocenters. The normalized spacial score (nSPS) is 12.0. The quantitative estimate of drug-likeness (QED) is 0.651. The van der Waals surface area contributed by atoms with Crippen molar-refractivity contribution in [3.63, 3.8) is 0 Å². The monoisotopic (exact) mass is 291 g/mol. The van der Waals surface area contributed by atoms with Gasteiger partial charge < -0.3 is 15.5 Å². The summed E-state index contributed by atoms with van der Waals surface area (Å²) in [7, 11) is 2.09. The number of hydrogen-bond donors (Lipinski definition) is 2. The van der Waals surface area contributed by atoms with Crippen molar-refractivity contribution in [2.75, 3.05) is 31.6 Å². The Kier molecular flexibility index (Phi) is 8.51. The largest absolute Gasteiger partial charge is 0.375 e. The third kappa shape index (κ3) is 7.71. The van der Waals surface area contributed by atoms with Gasteiger partial charge in [-0.15, -0.1) is 0 Å². The zero-order valence-electron chi connectivity index (χ0n) is 13.6. The highest BCUT2D eigenvalue weighted by Gasteiger charge is 2.05. The Morgan fingerprint density at radius 1 is 1.29 bits per heavy atom. The van der Waals surface area contributed by atoms with E-state index in [1.54, 1.807) is 0 Å². The molecule has 0 saturated heterocycles. The fourth-order valence-electron chi connectivity index (χ4n) is 2.29. The second-order valence-electron chi connectivity index (χ2n) is 5.54. The van der Waals surface area contributed by atoms with Crippen molar-refractivity contribution in [2.45, 2.75) is 39.2 Å². The summed E-state index contributed by atoms with van der Waals surface area (Å²) in [4.78, 5) is 13.9. The molecular formula is C17H29N3O. The van der Waals surface area contributed by atoms with Gasteiger partial charge in [-0.2, -0.15) is 0 Å². The highest BCUT2D eigenvalue weighted by molar-refractivity contribution is 5.78. The first-order chi connectivity index (χ1) is 10.1. The molecule has 118 valence electrons. The molecule has 0 bridgehead atoms. The Hall–Kier alpha value is -1.55. The van der Waals surface area contributed by atoms with Gasteiger partial charge in [0, 0.05) is 25.3 Å². The van der Waals surface area contributed by atoms with Gasteiger partial charge in [0.2, 0.25) is 5.91 Å². The van der Waals surface area contributed by atoms with Gasteiger partial charge >= 0.3 is 0 Å². The molecule has 0 aliphatic carbocycles. The maximum absolute atomic E-state index is 11.7. The molecule has 0 spiro atoms. The predicted octanol–water partition coefficient (Wildman–Crippen LogP) is 2.41. The van der Waals surface area contributed by atoms with Crippen LogP contribution in [0.4, 0.5) is 5.69 Å². The zero-order chi connectivity index (χ0) is 15.5. The first-order valence-corrected chi connectivity index (χ1v) is 7.89. The van der Waals surface area contributed by atoms with Gasteiger partial charge in [-0.25, -0.2) is 0 Å². The number of nitrogens with zero attached hydrogens (tertiary/aromatic N) is 1. The minimum absolute atomic E-state index is 0.0902. The molecule has 0 fully saturated rings. The third-order valence-electron chi connectivity index (χ3n) is 3.46. The summed E-state index contributed by atoms with van der Waals surface area (Å²) >= 11 is 0. The van der Waals surface area contributed by atoms with Crippen molar-refractivity contribution in [2.24, 2.45) is 0 Å². The molecule has 21 heavy (non-hydrogen) atoms. The van der Waals surface area contributed by atoms with E-state index in [1.165, 1.54) is 5.69 Å². The number of carbonyl (C=O) groups is 1. The highest BCUT2D eigenvalue weighted by atomic mass is 16.1. The lowest BCUT2D eigenvalue weighted by atomic mass is 10.2. The minimum atomic E-state index is 0.0902. The van der Waals surface area contributed by atoms with Crippen LogP contribution in [-0.2, 0) is 4.79 Å². The molecule has 1 amide bonds. The van der Waals surface area contributed by atoms with Gasteiger partial charge in [-0.3, -0.25) is 4.79 Å². The molecule has 1 aromatic carbocycles. The zero-order valence-corrected chi connectivity index (χ0v) is 13.6. The van der Waals surface area contributed by atoms with Gasteiger partial charge in [0.15, 0.2) is 0 Å². The van der Waals surface area contributed by atoms with Gasteiger partial charge in [-0.05, 0) is 38.4 Å². The second-order valence-corrected chi connectivity index (χ2v) is 5.54. The molecule has 1 atom stereocenters. The first-order valence-electron chi connectivity index (χ1n) is 7.89. The smallest absolute Gasteiger partial charge is 0.234 e. The maximum Gasteiger partial charge on any atom is 0.234 e. The molecule has 2 N–H and O–H groups in total. The Labute approximate surface area is 128 Å². The number of benzene rings is 1. The van der Waals surface area contributed by atoms with Gasteiger partial charge in [0.05, 0.1) is 6.54 Å². The summed E-state index contributed by atoms with van der Waals surface area (Å²) in [6.07, 6.45) is 3.15. The van der Waals surface area contributed by atoms with Crippen LogP contribution in [0.1, 0.15) is 33.1 Å². The fourth-order valence-corrected chi connectivity index (χ4v) is 2.29. The highest BCUT2D eigenvalue weighted by Crippen LogP contribution is 2.10. The van der Waals surface area contributed by atoms with Crippen LogP contribution in [-0.4, -0.2) is 38.6 Å². The van der Waals surface area contributed by atoms with Crippen molar-refractivity contribution in [3.05, 3.63) is 30.3 Å². The number of hydrogen-bond acceptors (Lipinski definition) is 3. The van der Waals surface area contributed by atoms with Crippen molar-refractivity contribution in [1.82, 2.24) is 10.6 Å². The SMILES string of the molecule is CCCC(C)NC(=O)CNCCCN(C)c1ccccc1. The van der Waals surface area contributed by atoms with E-state index in [4.69, 9.17) is 0 Å². The Balaban J connectivity index is 2.08. The van der Waals surface area contributed by atoms with Crippen LogP contribution in [0.15, 0.2) is 30.3 Å². The summed E-state index contributed by atoms with van der Waals surface area (Å²) in [5.41, 5.74) is 1.23. The van der Waals surface area contributed by atoms with Crippen LogP contribution in [0, 0.1) is 0 Å². The number of para-hydroxylation sites is 1. The average Bonchev–Trinajstić information content (AvgIpc) is 2.47. The molecule has 0 aliphatic rings. The van der Waals surface area contributed by atoms with Crippen LogP contribution in [0.5, 0.6) is 0 Å². The number of rotatable bonds is 10. The van der Waals surface area contributed by atoms with Gasteiger partial charge in [0.25, 0.3) is 0 Å². The van der Waals surface area contributed by atoms with E-state index >= 15 is 0 Å². The molecule has 0 heterocycles. The van der Waals surface area contributed by atoms with E-state index in [2.05, 4.69) is 48.6 Å². The third-order valence-corrected chi connectivity index (χ3v) is 3.46. The molecule has 1 aromatic rings. The molecule has 0 aliphatic heterocycles. The maximum atomic E-state index is 11.7. The lowest BCUT2D eigenvalue weighted by molar-refractivity contribution is -0.120. The summed E-state index contributed by atoms with van der Waals surface area (Å²) in [6.45, 7) is 6.42. The van der Waals surface area contributed by atoms with E-state index < -0.39 is 0 Å². The Morgan fingerprint density at radius 2 is 2.00 bits per heavy atom. The molecular weight excluding hydrogens is 262 g/mol. The van der Waals surface area contributed by atoms with E-state index in [1.807, 2.05) is 18.2 Å². The molecule has 0 saturated carbocycles. The van der Waals surface area contributed by atoms with Crippen LogP contribution in [0.25, 0.3) is 0 Å². The average molecular weight is 291 g/mol. The molecule has 4 heteroatoms. The number of nitrogens with one attached hydrogen (secondary N) is 2. The Morgan fingerprint density at radius 3 is 2.67 bits per heavy atom. The number of anilines is 1. The van der Waals surface area contributed by atoms with Crippen LogP contribution >= 0.6 is 0 Å². The van der Waals surface area contributed by atoms with E-state index in [-0.39, 0.29) is 11.9 Å². The van der Waals surface area contributed by atoms with E-state index in [0.29, 0.717) is 6.54 Å². The van der Waals surface area contributed by atoms with Gasteiger partial charge in [0.1, 0.15) is 0 Å². The van der Waals surface area contributed by atoms with E-state index in [9.17, 15) is 4.79 Å². The van der Waals surface area contributed by atoms with E-state index in [0.717, 1.165) is 32.4 Å². The van der Waals surface area contributed by atoms with Crippen molar-refractivity contribution in [1.29, 1.82) is 0 Å². The summed E-state index contributed by atoms with van der Waals surface area (Å²) in [6, 6.07) is 10.6. The van der Waals surface area contributed by atoms with Crippen molar-refractivity contribution >= 4 is 11.6 Å². The van der Waals surface area contributed by atoms with Gasteiger partial charge in [-0.1, -0.05) is 31.5 Å². The topological polar surface area (TPSA) is 44.4 Å². The van der Waals surface area contributed by atoms with Crippen LogP contribution in [0.3, 0.4) is 0 Å². The molecule has 4 nitrogen and oxygen atoms in total. The van der Waals surface area contributed by atoms with Crippen LogP contribution < -0.4 is 15.5 Å². The predicted molar refractivity (Wildman–Crippen MR) is 89.7 cm³/mol.